The molecule has 2 N–H and O–H groups in total. The number of hydrogen-bond donors (Lipinski definition) is 2. The van der Waals surface area contributed by atoms with Gasteiger partial charge in [-0.3, -0.25) is 4.98 Å². The number of rotatable bonds is 3. The maximum absolute atomic E-state index is 11.3. The molecule has 0 aliphatic carbocycles. The summed E-state index contributed by atoms with van der Waals surface area (Å²) in [6.07, 6.45) is 0. The van der Waals surface area contributed by atoms with Crippen LogP contribution in [0.4, 0.5) is 0 Å². The summed E-state index contributed by atoms with van der Waals surface area (Å²) >= 11 is 4.95. The van der Waals surface area contributed by atoms with Crippen LogP contribution in [0, 0.1) is 4.64 Å². The van der Waals surface area contributed by atoms with Gasteiger partial charge in [-0.05, 0) is 42.8 Å². The first-order chi connectivity index (χ1) is 8.19. The molecule has 4 nitrogen and oxygen atoms in total. The third-order valence-electron chi connectivity index (χ3n) is 2.24. The third-order valence-corrected chi connectivity index (χ3v) is 2.46. The Labute approximate surface area is 103 Å². The van der Waals surface area contributed by atoms with E-state index in [1.807, 2.05) is 31.2 Å². The first-order valence-electron chi connectivity index (χ1n) is 5.26. The number of nitrogens with one attached hydrogen (secondary N) is 2. The molecule has 0 aliphatic rings. The summed E-state index contributed by atoms with van der Waals surface area (Å²) in [7, 11) is 0. The highest BCUT2D eigenvalue weighted by Crippen LogP contribution is 2.19. The van der Waals surface area contributed by atoms with Gasteiger partial charge in [-0.15, -0.1) is 0 Å². The monoisotopic (exact) mass is 248 g/mol. The third kappa shape index (κ3) is 2.82. The Hall–Kier alpha value is -1.88. The molecular weight excluding hydrogens is 236 g/mol. The van der Waals surface area contributed by atoms with Crippen molar-refractivity contribution in [3.05, 3.63) is 45.5 Å². The molecule has 0 saturated carbocycles. The van der Waals surface area contributed by atoms with Gasteiger partial charge in [-0.2, -0.15) is 0 Å². The van der Waals surface area contributed by atoms with Crippen LogP contribution < -0.4 is 10.4 Å². The van der Waals surface area contributed by atoms with E-state index in [-0.39, 0.29) is 5.69 Å². The summed E-state index contributed by atoms with van der Waals surface area (Å²) in [5.41, 5.74) is 1.29. The predicted molar refractivity (Wildman–Crippen MR) is 68.9 cm³/mol. The van der Waals surface area contributed by atoms with Crippen LogP contribution in [-0.2, 0) is 0 Å². The van der Waals surface area contributed by atoms with Crippen molar-refractivity contribution in [2.24, 2.45) is 0 Å². The van der Waals surface area contributed by atoms with E-state index in [0.29, 0.717) is 16.9 Å². The van der Waals surface area contributed by atoms with E-state index in [0.717, 1.165) is 11.3 Å². The molecular formula is C12H12N2O2S. The van der Waals surface area contributed by atoms with Crippen molar-refractivity contribution < 1.29 is 4.74 Å². The topological polar surface area (TPSA) is 57.9 Å². The molecule has 0 amide bonds. The molecule has 0 spiro atoms. The normalized spacial score (nSPS) is 10.2. The number of aromatic amines is 2. The first-order valence-corrected chi connectivity index (χ1v) is 5.67. The Morgan fingerprint density at radius 2 is 1.94 bits per heavy atom. The van der Waals surface area contributed by atoms with Crippen molar-refractivity contribution >= 4 is 12.2 Å². The van der Waals surface area contributed by atoms with Gasteiger partial charge in [0.15, 0.2) is 0 Å². The molecule has 1 heterocycles. The smallest absolute Gasteiger partial charge is 0.324 e. The highest BCUT2D eigenvalue weighted by molar-refractivity contribution is 7.71. The lowest BCUT2D eigenvalue weighted by Gasteiger charge is -2.04. The molecule has 2 rings (SSSR count). The average molecular weight is 248 g/mol. The minimum absolute atomic E-state index is 0.304. The van der Waals surface area contributed by atoms with Crippen LogP contribution in [0.15, 0.2) is 35.1 Å². The first kappa shape index (κ1) is 11.6. The van der Waals surface area contributed by atoms with E-state index < -0.39 is 0 Å². The molecule has 2 aromatic rings. The van der Waals surface area contributed by atoms with Gasteiger partial charge < -0.3 is 9.72 Å². The zero-order chi connectivity index (χ0) is 12.3. The van der Waals surface area contributed by atoms with Crippen LogP contribution in [0.25, 0.3) is 11.3 Å². The Balaban J connectivity index is 2.39. The van der Waals surface area contributed by atoms with E-state index in [9.17, 15) is 4.79 Å². The lowest BCUT2D eigenvalue weighted by Crippen LogP contribution is -2.10. The predicted octanol–water partition coefficient (Wildman–Crippen LogP) is 2.50. The van der Waals surface area contributed by atoms with Crippen LogP contribution in [0.1, 0.15) is 6.92 Å². The Kier molecular flexibility index (Phi) is 3.39. The second-order valence-corrected chi connectivity index (χ2v) is 3.90. The molecule has 5 heteroatoms. The summed E-state index contributed by atoms with van der Waals surface area (Å²) < 4.78 is 5.76. The zero-order valence-electron chi connectivity index (χ0n) is 9.32. The summed E-state index contributed by atoms with van der Waals surface area (Å²) in [6, 6.07) is 9.19. The van der Waals surface area contributed by atoms with Crippen LogP contribution in [0.3, 0.4) is 0 Å². The van der Waals surface area contributed by atoms with Crippen molar-refractivity contribution in [2.45, 2.75) is 6.92 Å². The highest BCUT2D eigenvalue weighted by atomic mass is 32.1. The van der Waals surface area contributed by atoms with E-state index in [2.05, 4.69) is 9.97 Å². The van der Waals surface area contributed by atoms with Crippen molar-refractivity contribution in [1.82, 2.24) is 9.97 Å². The number of H-pyrrole nitrogens is 2. The maximum atomic E-state index is 11.3. The molecule has 17 heavy (non-hydrogen) atoms. The lowest BCUT2D eigenvalue weighted by atomic mass is 10.1. The second-order valence-electron chi connectivity index (χ2n) is 3.46. The summed E-state index contributed by atoms with van der Waals surface area (Å²) in [5, 5.41) is 0. The van der Waals surface area contributed by atoms with Gasteiger partial charge in [-0.25, -0.2) is 4.79 Å². The second kappa shape index (κ2) is 4.97. The average Bonchev–Trinajstić information content (AvgIpc) is 2.29. The van der Waals surface area contributed by atoms with Gasteiger partial charge in [-0.1, -0.05) is 12.2 Å². The van der Waals surface area contributed by atoms with Crippen LogP contribution in [0.2, 0.25) is 0 Å². The minimum Gasteiger partial charge on any atom is -0.494 e. The van der Waals surface area contributed by atoms with Crippen molar-refractivity contribution in [3.8, 4) is 17.0 Å². The largest absolute Gasteiger partial charge is 0.494 e. The van der Waals surface area contributed by atoms with E-state index >= 15 is 0 Å². The molecule has 88 valence electrons. The molecule has 1 aromatic heterocycles. The van der Waals surface area contributed by atoms with Crippen LogP contribution in [-0.4, -0.2) is 16.6 Å². The minimum atomic E-state index is -0.304. The van der Waals surface area contributed by atoms with Gasteiger partial charge in [0.25, 0.3) is 0 Å². The highest BCUT2D eigenvalue weighted by Gasteiger charge is 2.00. The number of ether oxygens (including phenoxy) is 1. The van der Waals surface area contributed by atoms with Gasteiger partial charge in [0.1, 0.15) is 10.4 Å². The Bertz CT molecular complexity index is 585. The Morgan fingerprint density at radius 3 is 2.53 bits per heavy atom. The Morgan fingerprint density at radius 1 is 1.24 bits per heavy atom. The van der Waals surface area contributed by atoms with E-state index in [1.165, 1.54) is 0 Å². The fourth-order valence-corrected chi connectivity index (χ4v) is 1.73. The van der Waals surface area contributed by atoms with Gasteiger partial charge in [0, 0.05) is 0 Å². The van der Waals surface area contributed by atoms with Gasteiger partial charge in [0.05, 0.1) is 12.3 Å². The lowest BCUT2D eigenvalue weighted by molar-refractivity contribution is 0.340. The van der Waals surface area contributed by atoms with Crippen molar-refractivity contribution in [3.63, 3.8) is 0 Å². The van der Waals surface area contributed by atoms with Gasteiger partial charge >= 0.3 is 5.69 Å². The summed E-state index contributed by atoms with van der Waals surface area (Å²) in [6.45, 7) is 2.56. The van der Waals surface area contributed by atoms with E-state index in [1.54, 1.807) is 6.07 Å². The fraction of sp³-hybridized carbons (Fsp3) is 0.167. The molecule has 0 atom stereocenters. The number of aromatic nitrogens is 2. The van der Waals surface area contributed by atoms with Crippen molar-refractivity contribution in [2.75, 3.05) is 6.61 Å². The summed E-state index contributed by atoms with van der Waals surface area (Å²) in [5.74, 6) is 0.805. The summed E-state index contributed by atoms with van der Waals surface area (Å²) in [4.78, 5) is 16.4. The van der Waals surface area contributed by atoms with Gasteiger partial charge in [0.2, 0.25) is 0 Å². The molecule has 1 aromatic carbocycles. The number of benzene rings is 1. The van der Waals surface area contributed by atoms with Crippen molar-refractivity contribution in [1.29, 1.82) is 0 Å². The van der Waals surface area contributed by atoms with E-state index in [4.69, 9.17) is 17.0 Å². The molecule has 0 saturated heterocycles. The maximum Gasteiger partial charge on any atom is 0.324 e. The fourth-order valence-electron chi connectivity index (χ4n) is 1.52. The zero-order valence-corrected chi connectivity index (χ0v) is 10.1. The molecule has 0 aliphatic heterocycles. The molecule has 0 unspecified atom stereocenters. The molecule has 0 radical (unpaired) electrons. The standard InChI is InChI=1S/C12H12N2O2S/c1-2-16-9-5-3-8(4-6-9)10-7-11(17)14-12(15)13-10/h3-7H,2H2,1H3,(H2,13,14,15,17). The van der Waals surface area contributed by atoms with Crippen LogP contribution in [0.5, 0.6) is 5.75 Å². The quantitative estimate of drug-likeness (QED) is 0.820. The SMILES string of the molecule is CCOc1ccc(-c2cc(=S)[nH]c(=O)[nH]2)cc1. The number of hydrogen-bond acceptors (Lipinski definition) is 3. The molecule has 0 fully saturated rings. The molecule has 0 bridgehead atoms. The van der Waals surface area contributed by atoms with Crippen LogP contribution >= 0.6 is 12.2 Å².